The van der Waals surface area contributed by atoms with Gasteiger partial charge < -0.3 is 0 Å². The molecular weight excluding hydrogens is 104 g/mol. The lowest BCUT2D eigenvalue weighted by molar-refractivity contribution is -0.134. The van der Waals surface area contributed by atoms with Gasteiger partial charge in [0.2, 0.25) is 11.6 Å². The Morgan fingerprint density at radius 1 is 0.875 bits per heavy atom. The Bertz CT molecular complexity index is 187. The van der Waals surface area contributed by atoms with E-state index >= 15 is 0 Å². The summed E-state index contributed by atoms with van der Waals surface area (Å²) in [6, 6.07) is 0. The Morgan fingerprint density at radius 2 is 1.25 bits per heavy atom. The predicted molar refractivity (Wildman–Crippen MR) is 24.0 cm³/mol. The fourth-order valence-corrected chi connectivity index (χ4v) is 2.05. The quantitative estimate of drug-likeness (QED) is 0.397. The molecule has 8 heavy (non-hydrogen) atoms. The molecule has 2 nitrogen and oxygen atoms in total. The summed E-state index contributed by atoms with van der Waals surface area (Å²) in [6.45, 7) is 0. The average molecular weight is 108 g/mol. The fraction of sp³-hybridized carbons (Fsp3) is 0.667. The first-order valence-electron chi connectivity index (χ1n) is 2.90. The van der Waals surface area contributed by atoms with Gasteiger partial charge in [0.15, 0.2) is 0 Å². The summed E-state index contributed by atoms with van der Waals surface area (Å²) in [5.74, 6) is 1.43. The predicted octanol–water partition coefficient (Wildman–Crippen LogP) is -0.370. The van der Waals surface area contributed by atoms with Crippen LogP contribution in [-0.4, -0.2) is 11.6 Å². The number of carbonyl (C=O) groups is 2. The normalized spacial score (nSPS) is 63.5. The largest absolute Gasteiger partial charge is 0.291 e. The summed E-state index contributed by atoms with van der Waals surface area (Å²) in [5.41, 5.74) is 0. The highest BCUT2D eigenvalue weighted by atomic mass is 16.2. The summed E-state index contributed by atoms with van der Waals surface area (Å²) in [6.07, 6.45) is 0. The molecule has 0 N–H and O–H groups in total. The molecule has 0 aromatic heterocycles. The van der Waals surface area contributed by atoms with Gasteiger partial charge in [-0.05, 0) is 11.8 Å². The van der Waals surface area contributed by atoms with E-state index in [0.717, 1.165) is 0 Å². The van der Waals surface area contributed by atoms with E-state index in [1.54, 1.807) is 0 Å². The van der Waals surface area contributed by atoms with Crippen molar-refractivity contribution in [3.63, 3.8) is 0 Å². The molecule has 4 aliphatic carbocycles. The molecule has 0 atom stereocenters. The van der Waals surface area contributed by atoms with Crippen molar-refractivity contribution in [2.45, 2.75) is 0 Å². The van der Waals surface area contributed by atoms with Gasteiger partial charge in [0.25, 0.3) is 0 Å². The van der Waals surface area contributed by atoms with E-state index in [0.29, 0.717) is 11.8 Å². The third-order valence-electron chi connectivity index (χ3n) is 2.67. The Hall–Kier alpha value is -0.660. The molecule has 0 aromatic rings. The minimum atomic E-state index is -0.0648. The summed E-state index contributed by atoms with van der Waals surface area (Å²) in [7, 11) is 0. The first kappa shape index (κ1) is 3.38. The van der Waals surface area contributed by atoms with E-state index in [9.17, 15) is 9.59 Å². The number of ketones is 2. The number of fused-ring (bicyclic) bond motifs is 1. The molecule has 0 amide bonds. The Balaban J connectivity index is 2.24. The van der Waals surface area contributed by atoms with Crippen molar-refractivity contribution in [1.29, 1.82) is 0 Å². The van der Waals surface area contributed by atoms with E-state index in [4.69, 9.17) is 0 Å². The number of rotatable bonds is 0. The van der Waals surface area contributed by atoms with Gasteiger partial charge in [0.05, 0.1) is 0 Å². The molecule has 4 aliphatic rings. The maximum absolute atomic E-state index is 10.6. The van der Waals surface area contributed by atoms with Crippen LogP contribution in [0, 0.1) is 23.7 Å². The summed E-state index contributed by atoms with van der Waals surface area (Å²) >= 11 is 0. The van der Waals surface area contributed by atoms with Crippen molar-refractivity contribution < 1.29 is 9.59 Å². The van der Waals surface area contributed by atoms with Crippen LogP contribution in [0.3, 0.4) is 0 Å². The van der Waals surface area contributed by atoms with Crippen LogP contribution in [0.4, 0.5) is 0 Å². The van der Waals surface area contributed by atoms with Crippen LogP contribution >= 0.6 is 0 Å². The van der Waals surface area contributed by atoms with Gasteiger partial charge in [0.1, 0.15) is 0 Å². The van der Waals surface area contributed by atoms with Crippen LogP contribution in [0.15, 0.2) is 0 Å². The first-order valence-corrected chi connectivity index (χ1v) is 2.90. The van der Waals surface area contributed by atoms with Crippen LogP contribution < -0.4 is 0 Å². The van der Waals surface area contributed by atoms with Crippen LogP contribution in [0.1, 0.15) is 0 Å². The van der Waals surface area contributed by atoms with Gasteiger partial charge in [-0.2, -0.15) is 0 Å². The van der Waals surface area contributed by atoms with Gasteiger partial charge in [-0.25, -0.2) is 0 Å². The Kier molecular flexibility index (Phi) is 0.254. The molecule has 2 bridgehead atoms. The molecule has 0 aromatic carbocycles. The van der Waals surface area contributed by atoms with Crippen molar-refractivity contribution in [3.05, 3.63) is 0 Å². The zero-order valence-corrected chi connectivity index (χ0v) is 4.13. The monoisotopic (exact) mass is 108 g/mol. The first-order chi connectivity index (χ1) is 3.82. The lowest BCUT2D eigenvalue weighted by Crippen LogP contribution is -2.03. The molecule has 0 radical (unpaired) electrons. The minimum Gasteiger partial charge on any atom is -0.291 e. The number of Topliss-reactive ketones (excluding diaryl/α,β-unsaturated/α-hetero) is 2. The third-order valence-corrected chi connectivity index (χ3v) is 2.67. The Labute approximate surface area is 45.9 Å². The van der Waals surface area contributed by atoms with Crippen molar-refractivity contribution in [3.8, 4) is 0 Å². The second-order valence-corrected chi connectivity index (χ2v) is 2.93. The van der Waals surface area contributed by atoms with Gasteiger partial charge in [-0.3, -0.25) is 9.59 Å². The molecule has 4 rings (SSSR count). The third kappa shape index (κ3) is 0.135. The van der Waals surface area contributed by atoms with E-state index in [-0.39, 0.29) is 23.4 Å². The van der Waals surface area contributed by atoms with E-state index < -0.39 is 0 Å². The zero-order valence-electron chi connectivity index (χ0n) is 4.13. The standard InChI is InChI=1S/C6H4O2/c7-5-3-1-2(3)4(1)6(5)8/h1-4H. The highest BCUT2D eigenvalue weighted by Crippen LogP contribution is 2.78. The van der Waals surface area contributed by atoms with Gasteiger partial charge >= 0.3 is 0 Å². The number of hydrogen-bond donors (Lipinski definition) is 0. The average Bonchev–Trinajstić information content (AvgIpc) is 2.45. The molecule has 0 saturated heterocycles. The topological polar surface area (TPSA) is 34.1 Å². The van der Waals surface area contributed by atoms with E-state index in [2.05, 4.69) is 0 Å². The summed E-state index contributed by atoms with van der Waals surface area (Å²) in [5, 5.41) is 0. The molecule has 4 saturated carbocycles. The van der Waals surface area contributed by atoms with E-state index in [1.165, 1.54) is 0 Å². The fourth-order valence-electron chi connectivity index (χ4n) is 2.05. The van der Waals surface area contributed by atoms with Crippen molar-refractivity contribution >= 4 is 11.6 Å². The van der Waals surface area contributed by atoms with Gasteiger partial charge in [-0.1, -0.05) is 0 Å². The SMILES string of the molecule is O=C1C(=O)C2C3C1C23. The highest BCUT2D eigenvalue weighted by Gasteiger charge is 2.85. The van der Waals surface area contributed by atoms with Gasteiger partial charge in [-0.15, -0.1) is 0 Å². The molecule has 40 valence electrons. The molecule has 0 aliphatic heterocycles. The maximum atomic E-state index is 10.6. The van der Waals surface area contributed by atoms with Crippen molar-refractivity contribution in [2.24, 2.45) is 23.7 Å². The molecule has 0 unspecified atom stereocenters. The molecule has 0 spiro atoms. The molecule has 0 heterocycles. The number of carbonyl (C=O) groups excluding carboxylic acids is 2. The van der Waals surface area contributed by atoms with Gasteiger partial charge in [0, 0.05) is 11.8 Å². The van der Waals surface area contributed by atoms with Crippen molar-refractivity contribution in [1.82, 2.24) is 0 Å². The Morgan fingerprint density at radius 3 is 1.38 bits per heavy atom. The summed E-state index contributed by atoms with van der Waals surface area (Å²) in [4.78, 5) is 21.2. The second kappa shape index (κ2) is 0.601. The van der Waals surface area contributed by atoms with Crippen LogP contribution in [-0.2, 0) is 9.59 Å². The van der Waals surface area contributed by atoms with Crippen LogP contribution in [0.2, 0.25) is 0 Å². The maximum Gasteiger partial charge on any atom is 0.202 e. The smallest absolute Gasteiger partial charge is 0.202 e. The van der Waals surface area contributed by atoms with Crippen molar-refractivity contribution in [2.75, 3.05) is 0 Å². The summed E-state index contributed by atoms with van der Waals surface area (Å²) < 4.78 is 0. The molecular formula is C6H4O2. The highest BCUT2D eigenvalue weighted by molar-refractivity contribution is 6.46. The van der Waals surface area contributed by atoms with Crippen LogP contribution in [0.5, 0.6) is 0 Å². The lowest BCUT2D eigenvalue weighted by Gasteiger charge is -1.79. The molecule has 2 heteroatoms. The molecule has 4 fully saturated rings. The lowest BCUT2D eigenvalue weighted by atomic mass is 10.2. The van der Waals surface area contributed by atoms with Crippen LogP contribution in [0.25, 0.3) is 0 Å². The van der Waals surface area contributed by atoms with E-state index in [1.807, 2.05) is 0 Å². The second-order valence-electron chi connectivity index (χ2n) is 2.93. The minimum absolute atomic E-state index is 0.0648. The number of hydrogen-bond acceptors (Lipinski definition) is 2. The zero-order chi connectivity index (χ0) is 5.46.